The fourth-order valence-corrected chi connectivity index (χ4v) is 6.87. The molecule has 2 aliphatic rings. The third-order valence-corrected chi connectivity index (χ3v) is 9.77. The maximum Gasteiger partial charge on any atom is 0.264 e. The summed E-state index contributed by atoms with van der Waals surface area (Å²) in [6, 6.07) is 20.1. The van der Waals surface area contributed by atoms with Crippen LogP contribution in [0.15, 0.2) is 71.6 Å². The highest BCUT2D eigenvalue weighted by Gasteiger charge is 2.38. The molecule has 3 aromatic rings. The summed E-state index contributed by atoms with van der Waals surface area (Å²) >= 11 is 0. The Morgan fingerprint density at radius 3 is 2.26 bits per heavy atom. The Balaban J connectivity index is 1.33. The van der Waals surface area contributed by atoms with Crippen molar-refractivity contribution in [3.05, 3.63) is 83.4 Å². The molecule has 1 saturated heterocycles. The van der Waals surface area contributed by atoms with E-state index < -0.39 is 16.1 Å². The fraction of sp³-hybridized carbons (Fsp3) is 0.424. The van der Waals surface area contributed by atoms with Crippen molar-refractivity contribution in [1.29, 1.82) is 0 Å². The second-order valence-corrected chi connectivity index (χ2v) is 14.0. The smallest absolute Gasteiger partial charge is 0.264 e. The van der Waals surface area contributed by atoms with Gasteiger partial charge in [0.2, 0.25) is 0 Å². The molecule has 224 valence electrons. The van der Waals surface area contributed by atoms with Crippen LogP contribution in [-0.2, 0) is 33.3 Å². The van der Waals surface area contributed by atoms with Crippen molar-refractivity contribution in [2.24, 2.45) is 0 Å². The molecule has 3 aromatic carbocycles. The number of benzene rings is 3. The SMILES string of the molecule is COc1ccc(S(=O)(=O)N2C[C@@H](C(=O)NCc3ccc(CN4CCCCC4)cc3)Oc3ccc(C(C)(C)C)cc32)cc1. The van der Waals surface area contributed by atoms with Crippen molar-refractivity contribution >= 4 is 21.6 Å². The predicted molar refractivity (Wildman–Crippen MR) is 165 cm³/mol. The van der Waals surface area contributed by atoms with Gasteiger partial charge in [0.05, 0.1) is 24.2 Å². The minimum atomic E-state index is -4.00. The quantitative estimate of drug-likeness (QED) is 0.385. The number of likely N-dealkylation sites (tertiary alicyclic amines) is 1. The van der Waals surface area contributed by atoms with Crippen LogP contribution in [-0.4, -0.2) is 52.1 Å². The maximum atomic E-state index is 13.9. The normalized spacial score (nSPS) is 17.7. The van der Waals surface area contributed by atoms with Gasteiger partial charge in [-0.15, -0.1) is 0 Å². The van der Waals surface area contributed by atoms with Crippen molar-refractivity contribution in [3.8, 4) is 11.5 Å². The molecule has 0 saturated carbocycles. The first kappa shape index (κ1) is 29.9. The van der Waals surface area contributed by atoms with Gasteiger partial charge >= 0.3 is 0 Å². The van der Waals surface area contributed by atoms with Gasteiger partial charge in [0.25, 0.3) is 15.9 Å². The Hall–Kier alpha value is -3.56. The zero-order valence-electron chi connectivity index (χ0n) is 24.9. The van der Waals surface area contributed by atoms with Gasteiger partial charge in [-0.3, -0.25) is 14.0 Å². The summed E-state index contributed by atoms with van der Waals surface area (Å²) in [6.45, 7) is 9.61. The number of piperidine rings is 1. The Bertz CT molecular complexity index is 1490. The largest absolute Gasteiger partial charge is 0.497 e. The van der Waals surface area contributed by atoms with Gasteiger partial charge in [0, 0.05) is 13.1 Å². The number of rotatable bonds is 8. The van der Waals surface area contributed by atoms with Crippen molar-refractivity contribution in [3.63, 3.8) is 0 Å². The zero-order valence-corrected chi connectivity index (χ0v) is 25.7. The van der Waals surface area contributed by atoms with E-state index in [1.54, 1.807) is 18.2 Å². The zero-order chi connectivity index (χ0) is 29.9. The molecular formula is C33H41N3O5S. The number of fused-ring (bicyclic) bond motifs is 1. The van der Waals surface area contributed by atoms with Gasteiger partial charge in [0.1, 0.15) is 11.5 Å². The number of ether oxygens (including phenoxy) is 2. The summed E-state index contributed by atoms with van der Waals surface area (Å²) in [6.07, 6.45) is 2.82. The number of amides is 1. The van der Waals surface area contributed by atoms with Gasteiger partial charge in [-0.05, 0) is 84.4 Å². The molecule has 2 heterocycles. The lowest BCUT2D eigenvalue weighted by Crippen LogP contribution is -2.50. The molecule has 1 N–H and O–H groups in total. The number of hydrogen-bond donors (Lipinski definition) is 1. The van der Waals surface area contributed by atoms with Crippen LogP contribution in [0, 0.1) is 0 Å². The van der Waals surface area contributed by atoms with Gasteiger partial charge in [-0.2, -0.15) is 0 Å². The molecule has 1 amide bonds. The second kappa shape index (κ2) is 12.4. The summed E-state index contributed by atoms with van der Waals surface area (Å²) < 4.78 is 40.5. The van der Waals surface area contributed by atoms with E-state index in [1.165, 1.54) is 48.4 Å². The summed E-state index contributed by atoms with van der Waals surface area (Å²) in [5.74, 6) is 0.546. The number of nitrogens with zero attached hydrogens (tertiary/aromatic N) is 2. The van der Waals surface area contributed by atoms with E-state index in [1.807, 2.05) is 24.3 Å². The first-order valence-electron chi connectivity index (χ1n) is 14.6. The summed E-state index contributed by atoms with van der Waals surface area (Å²) in [5.41, 5.74) is 3.41. The van der Waals surface area contributed by atoms with Crippen LogP contribution in [0.4, 0.5) is 5.69 Å². The topological polar surface area (TPSA) is 88.2 Å². The molecule has 0 aliphatic carbocycles. The van der Waals surface area contributed by atoms with Crippen molar-refractivity contribution in [2.75, 3.05) is 31.0 Å². The van der Waals surface area contributed by atoms with Crippen molar-refractivity contribution < 1.29 is 22.7 Å². The highest BCUT2D eigenvalue weighted by molar-refractivity contribution is 7.92. The first-order chi connectivity index (χ1) is 20.0. The van der Waals surface area contributed by atoms with Gasteiger partial charge in [0.15, 0.2) is 6.10 Å². The predicted octanol–water partition coefficient (Wildman–Crippen LogP) is 5.25. The van der Waals surface area contributed by atoms with Gasteiger partial charge < -0.3 is 14.8 Å². The number of carbonyl (C=O) groups excluding carboxylic acids is 1. The fourth-order valence-electron chi connectivity index (χ4n) is 5.40. The van der Waals surface area contributed by atoms with Gasteiger partial charge in [-0.1, -0.05) is 57.5 Å². The highest BCUT2D eigenvalue weighted by Crippen LogP contribution is 2.40. The Labute approximate surface area is 249 Å². The third-order valence-electron chi connectivity index (χ3n) is 7.98. The molecule has 0 unspecified atom stereocenters. The average Bonchev–Trinajstić information content (AvgIpc) is 2.99. The molecular weight excluding hydrogens is 550 g/mol. The maximum absolute atomic E-state index is 13.9. The average molecular weight is 592 g/mol. The monoisotopic (exact) mass is 591 g/mol. The molecule has 0 aromatic heterocycles. The second-order valence-electron chi connectivity index (χ2n) is 12.1. The minimum Gasteiger partial charge on any atom is -0.497 e. The van der Waals surface area contributed by atoms with Crippen LogP contribution in [0.3, 0.4) is 0 Å². The minimum absolute atomic E-state index is 0.112. The molecule has 1 atom stereocenters. The van der Waals surface area contributed by atoms with E-state index in [-0.39, 0.29) is 22.8 Å². The molecule has 0 spiro atoms. The van der Waals surface area contributed by atoms with E-state index in [2.05, 4.69) is 43.1 Å². The third kappa shape index (κ3) is 6.73. The van der Waals surface area contributed by atoms with Crippen LogP contribution in [0.25, 0.3) is 0 Å². The van der Waals surface area contributed by atoms with Crippen LogP contribution in [0.5, 0.6) is 11.5 Å². The molecule has 8 nitrogen and oxygen atoms in total. The number of methoxy groups -OCH3 is 1. The summed E-state index contributed by atoms with van der Waals surface area (Å²) in [4.78, 5) is 15.9. The first-order valence-corrected chi connectivity index (χ1v) is 16.0. The Morgan fingerprint density at radius 2 is 1.62 bits per heavy atom. The number of sulfonamides is 1. The summed E-state index contributed by atoms with van der Waals surface area (Å²) in [7, 11) is -2.47. The Kier molecular flexibility index (Phi) is 8.80. The Morgan fingerprint density at radius 1 is 0.952 bits per heavy atom. The van der Waals surface area contributed by atoms with Crippen LogP contribution >= 0.6 is 0 Å². The number of nitrogens with one attached hydrogen (secondary N) is 1. The molecule has 0 radical (unpaired) electrons. The molecule has 5 rings (SSSR count). The molecule has 42 heavy (non-hydrogen) atoms. The van der Waals surface area contributed by atoms with E-state index in [0.717, 1.165) is 30.8 Å². The van der Waals surface area contributed by atoms with Crippen molar-refractivity contribution in [2.45, 2.75) is 69.5 Å². The molecule has 9 heteroatoms. The lowest BCUT2D eigenvalue weighted by molar-refractivity contribution is -0.127. The lowest BCUT2D eigenvalue weighted by atomic mass is 9.86. The van der Waals surface area contributed by atoms with E-state index in [0.29, 0.717) is 23.7 Å². The summed E-state index contributed by atoms with van der Waals surface area (Å²) in [5, 5.41) is 2.95. The van der Waals surface area contributed by atoms with Crippen LogP contribution in [0.1, 0.15) is 56.7 Å². The standard InChI is InChI=1S/C33H41N3O5S/c1-33(2,3)26-12-17-30-29(20-26)36(42(38,39)28-15-13-27(40-4)14-16-28)23-31(41-30)32(37)34-21-24-8-10-25(11-9-24)22-35-18-6-5-7-19-35/h8-17,20,31H,5-7,18-19,21-23H2,1-4H3,(H,34,37)/t31-/m0/s1. The molecule has 1 fully saturated rings. The van der Waals surface area contributed by atoms with Crippen LogP contribution < -0.4 is 19.1 Å². The molecule has 0 bridgehead atoms. The number of anilines is 1. The van der Waals surface area contributed by atoms with Gasteiger partial charge in [-0.25, -0.2) is 8.42 Å². The van der Waals surface area contributed by atoms with E-state index >= 15 is 0 Å². The number of carbonyl (C=O) groups is 1. The number of hydrogen-bond acceptors (Lipinski definition) is 6. The van der Waals surface area contributed by atoms with E-state index in [9.17, 15) is 13.2 Å². The highest BCUT2D eigenvalue weighted by atomic mass is 32.2. The lowest BCUT2D eigenvalue weighted by Gasteiger charge is -2.36. The van der Waals surface area contributed by atoms with Crippen molar-refractivity contribution in [1.82, 2.24) is 10.2 Å². The molecule has 2 aliphatic heterocycles. The van der Waals surface area contributed by atoms with Crippen LogP contribution in [0.2, 0.25) is 0 Å². The van der Waals surface area contributed by atoms with E-state index in [4.69, 9.17) is 9.47 Å².